The van der Waals surface area contributed by atoms with Gasteiger partial charge in [0, 0.05) is 5.56 Å². The molecule has 1 aromatic heterocycles. The third-order valence-corrected chi connectivity index (χ3v) is 2.30. The van der Waals surface area contributed by atoms with E-state index in [2.05, 4.69) is 10.2 Å². The summed E-state index contributed by atoms with van der Waals surface area (Å²) in [5, 5.41) is 7.50. The fourth-order valence-corrected chi connectivity index (χ4v) is 1.33. The van der Waals surface area contributed by atoms with Crippen LogP contribution in [0.3, 0.4) is 0 Å². The van der Waals surface area contributed by atoms with E-state index in [9.17, 15) is 0 Å². The first-order chi connectivity index (χ1) is 7.70. The van der Waals surface area contributed by atoms with Gasteiger partial charge in [-0.25, -0.2) is 0 Å². The van der Waals surface area contributed by atoms with Gasteiger partial charge in [0.15, 0.2) is 0 Å². The summed E-state index contributed by atoms with van der Waals surface area (Å²) in [7, 11) is 1.62. The molecule has 84 valence electrons. The maximum Gasteiger partial charge on any atom is 0.247 e. The number of hydrogen-bond donors (Lipinski definition) is 0. The second-order valence-corrected chi connectivity index (χ2v) is 3.94. The van der Waals surface area contributed by atoms with Crippen LogP contribution < -0.4 is 4.74 Å². The van der Waals surface area contributed by atoms with Crippen LogP contribution in [0.5, 0.6) is 5.75 Å². The van der Waals surface area contributed by atoms with Crippen LogP contribution in [0.1, 0.15) is 18.2 Å². The van der Waals surface area contributed by atoms with E-state index >= 15 is 0 Å². The third kappa shape index (κ3) is 2.17. The number of ether oxygens (including phenoxy) is 1. The first kappa shape index (κ1) is 11.0. The molecule has 2 aromatic rings. The molecule has 0 aliphatic heterocycles. The van der Waals surface area contributed by atoms with Crippen molar-refractivity contribution >= 4 is 11.6 Å². The van der Waals surface area contributed by atoms with Crippen molar-refractivity contribution in [3.8, 4) is 17.2 Å². The number of alkyl halides is 1. The monoisotopic (exact) mass is 238 g/mol. The van der Waals surface area contributed by atoms with Gasteiger partial charge in [0.1, 0.15) is 11.1 Å². The zero-order valence-electron chi connectivity index (χ0n) is 8.98. The van der Waals surface area contributed by atoms with E-state index < -0.39 is 0 Å². The lowest BCUT2D eigenvalue weighted by molar-refractivity contribution is 0.415. The van der Waals surface area contributed by atoms with E-state index in [1.165, 1.54) is 0 Å². The Bertz CT molecular complexity index is 465. The van der Waals surface area contributed by atoms with Gasteiger partial charge in [-0.2, -0.15) is 0 Å². The van der Waals surface area contributed by atoms with Crippen LogP contribution in [-0.4, -0.2) is 17.3 Å². The van der Waals surface area contributed by atoms with Crippen molar-refractivity contribution in [2.45, 2.75) is 12.3 Å². The van der Waals surface area contributed by atoms with Crippen LogP contribution >= 0.6 is 11.6 Å². The van der Waals surface area contributed by atoms with Crippen LogP contribution in [0, 0.1) is 0 Å². The molecule has 0 N–H and O–H groups in total. The quantitative estimate of drug-likeness (QED) is 0.771. The van der Waals surface area contributed by atoms with Gasteiger partial charge in [0.25, 0.3) is 0 Å². The van der Waals surface area contributed by atoms with Crippen molar-refractivity contribution < 1.29 is 9.15 Å². The smallest absolute Gasteiger partial charge is 0.247 e. The number of aromatic nitrogens is 2. The Hall–Kier alpha value is -1.55. The average Bonchev–Trinajstić information content (AvgIpc) is 2.78. The third-order valence-electron chi connectivity index (χ3n) is 2.12. The molecule has 0 radical (unpaired) electrons. The molecule has 16 heavy (non-hydrogen) atoms. The molecule has 0 spiro atoms. The van der Waals surface area contributed by atoms with E-state index in [-0.39, 0.29) is 5.38 Å². The van der Waals surface area contributed by atoms with Crippen LogP contribution in [0.2, 0.25) is 0 Å². The SMILES string of the molecule is COc1ccc(-c2nnc(C(C)Cl)o2)cc1. The Labute approximate surface area is 98.2 Å². The molecule has 0 aliphatic rings. The highest BCUT2D eigenvalue weighted by molar-refractivity contribution is 6.20. The molecule has 1 unspecified atom stereocenters. The molecule has 0 amide bonds. The molecular formula is C11H11ClN2O2. The van der Waals surface area contributed by atoms with E-state index in [1.54, 1.807) is 14.0 Å². The van der Waals surface area contributed by atoms with Crippen molar-refractivity contribution in [1.29, 1.82) is 0 Å². The first-order valence-corrected chi connectivity index (χ1v) is 5.26. The highest BCUT2D eigenvalue weighted by Crippen LogP contribution is 2.24. The van der Waals surface area contributed by atoms with E-state index in [4.69, 9.17) is 20.8 Å². The zero-order valence-corrected chi connectivity index (χ0v) is 9.73. The largest absolute Gasteiger partial charge is 0.497 e. The van der Waals surface area contributed by atoms with Crippen molar-refractivity contribution in [3.05, 3.63) is 30.2 Å². The predicted molar refractivity (Wildman–Crippen MR) is 60.6 cm³/mol. The molecule has 0 saturated heterocycles. The van der Waals surface area contributed by atoms with Crippen LogP contribution in [0.15, 0.2) is 28.7 Å². The molecule has 2 rings (SSSR count). The minimum absolute atomic E-state index is 0.278. The molecular weight excluding hydrogens is 228 g/mol. The van der Waals surface area contributed by atoms with Crippen LogP contribution in [-0.2, 0) is 0 Å². The molecule has 4 nitrogen and oxygen atoms in total. The normalized spacial score (nSPS) is 12.4. The number of nitrogens with zero attached hydrogens (tertiary/aromatic N) is 2. The summed E-state index contributed by atoms with van der Waals surface area (Å²) in [5.41, 5.74) is 0.844. The highest BCUT2D eigenvalue weighted by atomic mass is 35.5. The van der Waals surface area contributed by atoms with E-state index in [0.717, 1.165) is 11.3 Å². The molecule has 5 heteroatoms. The molecule has 1 aromatic carbocycles. The standard InChI is InChI=1S/C11H11ClN2O2/c1-7(12)10-13-14-11(16-10)8-3-5-9(15-2)6-4-8/h3-7H,1-2H3. The number of methoxy groups -OCH3 is 1. The second kappa shape index (κ2) is 4.53. The second-order valence-electron chi connectivity index (χ2n) is 3.29. The lowest BCUT2D eigenvalue weighted by Crippen LogP contribution is -1.82. The Morgan fingerprint density at radius 2 is 1.94 bits per heavy atom. The van der Waals surface area contributed by atoms with Gasteiger partial charge in [0.05, 0.1) is 7.11 Å². The zero-order chi connectivity index (χ0) is 11.5. The molecule has 1 atom stereocenters. The fourth-order valence-electron chi connectivity index (χ4n) is 1.25. The number of benzene rings is 1. The van der Waals surface area contributed by atoms with Gasteiger partial charge < -0.3 is 9.15 Å². The van der Waals surface area contributed by atoms with Gasteiger partial charge in [0.2, 0.25) is 11.8 Å². The van der Waals surface area contributed by atoms with Gasteiger partial charge in [-0.15, -0.1) is 21.8 Å². The highest BCUT2D eigenvalue weighted by Gasteiger charge is 2.12. The number of halogens is 1. The number of rotatable bonds is 3. The lowest BCUT2D eigenvalue weighted by Gasteiger charge is -1.99. The molecule has 0 saturated carbocycles. The minimum atomic E-state index is -0.278. The summed E-state index contributed by atoms with van der Waals surface area (Å²) < 4.78 is 10.5. The summed E-state index contributed by atoms with van der Waals surface area (Å²) in [5.74, 6) is 1.67. The van der Waals surface area contributed by atoms with Gasteiger partial charge in [-0.05, 0) is 31.2 Å². The Kier molecular flexibility index (Phi) is 3.10. The minimum Gasteiger partial charge on any atom is -0.497 e. The number of hydrogen-bond acceptors (Lipinski definition) is 4. The maximum atomic E-state index is 5.84. The van der Waals surface area contributed by atoms with Crippen molar-refractivity contribution in [2.75, 3.05) is 7.11 Å². The van der Waals surface area contributed by atoms with Gasteiger partial charge >= 0.3 is 0 Å². The maximum absolute atomic E-state index is 5.84. The Balaban J connectivity index is 2.28. The molecule has 0 fully saturated rings. The Morgan fingerprint density at radius 3 is 2.44 bits per heavy atom. The topological polar surface area (TPSA) is 48.2 Å². The van der Waals surface area contributed by atoms with E-state index in [0.29, 0.717) is 11.8 Å². The Morgan fingerprint density at radius 1 is 1.25 bits per heavy atom. The van der Waals surface area contributed by atoms with Crippen molar-refractivity contribution in [2.24, 2.45) is 0 Å². The fraction of sp³-hybridized carbons (Fsp3) is 0.273. The lowest BCUT2D eigenvalue weighted by atomic mass is 10.2. The summed E-state index contributed by atoms with van der Waals surface area (Å²) in [6.07, 6.45) is 0. The summed E-state index contributed by atoms with van der Waals surface area (Å²) in [6, 6.07) is 7.39. The molecule has 1 heterocycles. The average molecular weight is 239 g/mol. The first-order valence-electron chi connectivity index (χ1n) is 4.82. The van der Waals surface area contributed by atoms with Gasteiger partial charge in [-0.3, -0.25) is 0 Å². The molecule has 0 aliphatic carbocycles. The summed E-state index contributed by atoms with van der Waals surface area (Å²) >= 11 is 5.84. The molecule has 0 bridgehead atoms. The van der Waals surface area contributed by atoms with Crippen molar-refractivity contribution in [3.63, 3.8) is 0 Å². The summed E-state index contributed by atoms with van der Waals surface area (Å²) in [6.45, 7) is 1.78. The van der Waals surface area contributed by atoms with Crippen LogP contribution in [0.4, 0.5) is 0 Å². The van der Waals surface area contributed by atoms with Gasteiger partial charge in [-0.1, -0.05) is 0 Å². The van der Waals surface area contributed by atoms with Crippen molar-refractivity contribution in [1.82, 2.24) is 10.2 Å². The van der Waals surface area contributed by atoms with E-state index in [1.807, 2.05) is 24.3 Å². The van der Waals surface area contributed by atoms with Crippen LogP contribution in [0.25, 0.3) is 11.5 Å². The summed E-state index contributed by atoms with van der Waals surface area (Å²) in [4.78, 5) is 0. The predicted octanol–water partition coefficient (Wildman–Crippen LogP) is 3.05.